The normalized spacial score (nSPS) is 18.6. The molecule has 0 bridgehead atoms. The fraction of sp³-hybridized carbons (Fsp3) is 0.250. The number of rotatable bonds is 3. The molecule has 82 valence electrons. The van der Waals surface area contributed by atoms with E-state index in [1.54, 1.807) is 6.20 Å². The molecule has 16 heavy (non-hydrogen) atoms. The van der Waals surface area contributed by atoms with E-state index in [0.29, 0.717) is 6.04 Å². The van der Waals surface area contributed by atoms with E-state index < -0.39 is 0 Å². The van der Waals surface area contributed by atoms with Crippen molar-refractivity contribution in [2.24, 2.45) is 0 Å². The maximum Gasteiger partial charge on any atom is 0.150 e. The number of aromatic nitrogens is 1. The van der Waals surface area contributed by atoms with Gasteiger partial charge >= 0.3 is 0 Å². The first-order chi connectivity index (χ1) is 7.93. The molecule has 1 aromatic carbocycles. The van der Waals surface area contributed by atoms with E-state index in [9.17, 15) is 0 Å². The Bertz CT molecular complexity index is 470. The zero-order valence-corrected chi connectivity index (χ0v) is 9.54. The molecule has 0 saturated heterocycles. The van der Waals surface area contributed by atoms with Crippen LogP contribution in [0.25, 0.3) is 0 Å². The van der Waals surface area contributed by atoms with Crippen LogP contribution in [0.5, 0.6) is 0 Å². The SMILES string of the molecule is c1ccc2c(c1)SCC2NCc1ccno1. The summed E-state index contributed by atoms with van der Waals surface area (Å²) < 4.78 is 5.06. The number of fused-ring (bicyclic) bond motifs is 1. The molecule has 0 fully saturated rings. The maximum absolute atomic E-state index is 5.06. The van der Waals surface area contributed by atoms with Crippen LogP contribution in [0.4, 0.5) is 0 Å². The van der Waals surface area contributed by atoms with Crippen molar-refractivity contribution in [3.05, 3.63) is 47.9 Å². The Balaban J connectivity index is 1.69. The van der Waals surface area contributed by atoms with Gasteiger partial charge in [0.1, 0.15) is 5.76 Å². The molecular weight excluding hydrogens is 220 g/mol. The Morgan fingerprint density at radius 2 is 2.31 bits per heavy atom. The minimum Gasteiger partial charge on any atom is -0.360 e. The van der Waals surface area contributed by atoms with Crippen molar-refractivity contribution in [1.82, 2.24) is 10.5 Å². The van der Waals surface area contributed by atoms with Gasteiger partial charge in [-0.3, -0.25) is 0 Å². The first kappa shape index (κ1) is 9.93. The smallest absolute Gasteiger partial charge is 0.150 e. The molecule has 3 rings (SSSR count). The van der Waals surface area contributed by atoms with E-state index in [4.69, 9.17) is 4.52 Å². The van der Waals surface area contributed by atoms with Gasteiger partial charge < -0.3 is 9.84 Å². The number of nitrogens with zero attached hydrogens (tertiary/aromatic N) is 1. The highest BCUT2D eigenvalue weighted by atomic mass is 32.2. The van der Waals surface area contributed by atoms with Crippen molar-refractivity contribution >= 4 is 11.8 Å². The zero-order valence-electron chi connectivity index (χ0n) is 8.72. The minimum atomic E-state index is 0.422. The predicted molar refractivity (Wildman–Crippen MR) is 63.2 cm³/mol. The van der Waals surface area contributed by atoms with Gasteiger partial charge in [-0.15, -0.1) is 11.8 Å². The van der Waals surface area contributed by atoms with Crippen molar-refractivity contribution < 1.29 is 4.52 Å². The van der Waals surface area contributed by atoms with Crippen LogP contribution in [0, 0.1) is 0 Å². The molecule has 4 heteroatoms. The first-order valence-electron chi connectivity index (χ1n) is 5.28. The van der Waals surface area contributed by atoms with Crippen LogP contribution in [-0.2, 0) is 6.54 Å². The van der Waals surface area contributed by atoms with Crippen LogP contribution in [-0.4, -0.2) is 10.9 Å². The van der Waals surface area contributed by atoms with Crippen LogP contribution >= 0.6 is 11.8 Å². The van der Waals surface area contributed by atoms with Crippen LogP contribution < -0.4 is 5.32 Å². The van der Waals surface area contributed by atoms with E-state index in [-0.39, 0.29) is 0 Å². The fourth-order valence-electron chi connectivity index (χ4n) is 1.89. The van der Waals surface area contributed by atoms with Gasteiger partial charge in [-0.1, -0.05) is 23.4 Å². The fourth-order valence-corrected chi connectivity index (χ4v) is 3.08. The molecule has 1 aromatic heterocycles. The molecule has 0 spiro atoms. The first-order valence-corrected chi connectivity index (χ1v) is 6.27. The summed E-state index contributed by atoms with van der Waals surface area (Å²) in [5, 5.41) is 7.18. The number of hydrogen-bond acceptors (Lipinski definition) is 4. The van der Waals surface area contributed by atoms with Crippen molar-refractivity contribution in [3.8, 4) is 0 Å². The molecule has 1 atom stereocenters. The van der Waals surface area contributed by atoms with E-state index >= 15 is 0 Å². The maximum atomic E-state index is 5.06. The van der Waals surface area contributed by atoms with Gasteiger partial charge in [-0.25, -0.2) is 0 Å². The van der Waals surface area contributed by atoms with Gasteiger partial charge in [0, 0.05) is 22.8 Å². The number of benzene rings is 1. The lowest BCUT2D eigenvalue weighted by Crippen LogP contribution is -2.20. The Morgan fingerprint density at radius 1 is 1.38 bits per heavy atom. The summed E-state index contributed by atoms with van der Waals surface area (Å²) in [5.74, 6) is 1.97. The molecule has 1 unspecified atom stereocenters. The van der Waals surface area contributed by atoms with E-state index in [1.807, 2.05) is 17.8 Å². The molecule has 0 amide bonds. The van der Waals surface area contributed by atoms with Crippen LogP contribution in [0.3, 0.4) is 0 Å². The molecule has 0 radical (unpaired) electrons. The lowest BCUT2D eigenvalue weighted by atomic mass is 10.1. The van der Waals surface area contributed by atoms with Gasteiger partial charge in [-0.2, -0.15) is 0 Å². The highest BCUT2D eigenvalue weighted by Crippen LogP contribution is 2.37. The Hall–Kier alpha value is -1.26. The van der Waals surface area contributed by atoms with Crippen LogP contribution in [0.2, 0.25) is 0 Å². The molecule has 0 saturated carbocycles. The van der Waals surface area contributed by atoms with E-state index in [2.05, 4.69) is 34.7 Å². The van der Waals surface area contributed by atoms with Crippen molar-refractivity contribution in [2.75, 3.05) is 5.75 Å². The Morgan fingerprint density at radius 3 is 3.19 bits per heavy atom. The molecule has 3 nitrogen and oxygen atoms in total. The van der Waals surface area contributed by atoms with Gasteiger partial charge in [-0.05, 0) is 11.6 Å². The van der Waals surface area contributed by atoms with Gasteiger partial charge in [0.15, 0.2) is 0 Å². The second-order valence-corrected chi connectivity index (χ2v) is 4.82. The second-order valence-electron chi connectivity index (χ2n) is 3.76. The molecule has 1 N–H and O–H groups in total. The third kappa shape index (κ3) is 1.86. The highest BCUT2D eigenvalue weighted by Gasteiger charge is 2.22. The average Bonchev–Trinajstić information content (AvgIpc) is 2.96. The molecule has 2 aromatic rings. The largest absolute Gasteiger partial charge is 0.360 e. The van der Waals surface area contributed by atoms with Crippen molar-refractivity contribution in [1.29, 1.82) is 0 Å². The van der Waals surface area contributed by atoms with Crippen LogP contribution in [0.15, 0.2) is 45.9 Å². The standard InChI is InChI=1S/C12H12N2OS/c1-2-4-12-10(3-1)11(8-16-12)13-7-9-5-6-14-15-9/h1-6,11,13H,7-8H2. The predicted octanol–water partition coefficient (Wildman–Crippen LogP) is 2.61. The number of thioether (sulfide) groups is 1. The van der Waals surface area contributed by atoms with Crippen LogP contribution in [0.1, 0.15) is 17.4 Å². The summed E-state index contributed by atoms with van der Waals surface area (Å²) in [5.41, 5.74) is 1.40. The lowest BCUT2D eigenvalue weighted by molar-refractivity contribution is 0.367. The number of nitrogens with one attached hydrogen (secondary N) is 1. The number of hydrogen-bond donors (Lipinski definition) is 1. The van der Waals surface area contributed by atoms with Crippen molar-refractivity contribution in [2.45, 2.75) is 17.5 Å². The topological polar surface area (TPSA) is 38.1 Å². The molecule has 2 heterocycles. The average molecular weight is 232 g/mol. The quantitative estimate of drug-likeness (QED) is 0.882. The zero-order chi connectivity index (χ0) is 10.8. The molecule has 1 aliphatic rings. The summed E-state index contributed by atoms with van der Waals surface area (Å²) in [4.78, 5) is 1.39. The monoisotopic (exact) mass is 232 g/mol. The van der Waals surface area contributed by atoms with Crippen molar-refractivity contribution in [3.63, 3.8) is 0 Å². The summed E-state index contributed by atoms with van der Waals surface area (Å²) in [6.45, 7) is 0.736. The summed E-state index contributed by atoms with van der Waals surface area (Å²) in [6.07, 6.45) is 1.67. The summed E-state index contributed by atoms with van der Waals surface area (Å²) >= 11 is 1.90. The Labute approximate surface area is 98.2 Å². The molecule has 0 aliphatic carbocycles. The second kappa shape index (κ2) is 4.31. The minimum absolute atomic E-state index is 0.422. The third-order valence-electron chi connectivity index (χ3n) is 2.71. The summed E-state index contributed by atoms with van der Waals surface area (Å²) in [7, 11) is 0. The molecular formula is C12H12N2OS. The summed E-state index contributed by atoms with van der Waals surface area (Å²) in [6, 6.07) is 10.9. The van der Waals surface area contributed by atoms with E-state index in [1.165, 1.54) is 10.5 Å². The van der Waals surface area contributed by atoms with Gasteiger partial charge in [0.2, 0.25) is 0 Å². The lowest BCUT2D eigenvalue weighted by Gasteiger charge is -2.11. The van der Waals surface area contributed by atoms with E-state index in [0.717, 1.165) is 18.1 Å². The Kier molecular flexibility index (Phi) is 2.68. The van der Waals surface area contributed by atoms with Gasteiger partial charge in [0.05, 0.1) is 12.7 Å². The third-order valence-corrected chi connectivity index (χ3v) is 3.90. The van der Waals surface area contributed by atoms with Gasteiger partial charge in [0.25, 0.3) is 0 Å². The highest BCUT2D eigenvalue weighted by molar-refractivity contribution is 7.99. The molecule has 1 aliphatic heterocycles.